The molecule has 3 heterocycles. The average Bonchev–Trinajstić information content (AvgIpc) is 2.73. The van der Waals surface area contributed by atoms with Gasteiger partial charge in [0.1, 0.15) is 6.33 Å². The number of anilines is 3. The molecule has 0 aliphatic rings. The zero-order valence-corrected chi connectivity index (χ0v) is 14.6. The molecule has 0 unspecified atom stereocenters. The van der Waals surface area contributed by atoms with Crippen LogP contribution in [-0.2, 0) is 6.54 Å². The van der Waals surface area contributed by atoms with E-state index in [1.165, 1.54) is 6.33 Å². The number of hydrogen-bond donors (Lipinski definition) is 2. The second-order valence-corrected chi connectivity index (χ2v) is 5.89. The molecular weight excluding hydrogens is 358 g/mol. The van der Waals surface area contributed by atoms with Crippen molar-refractivity contribution < 1.29 is 4.92 Å². The van der Waals surface area contributed by atoms with Crippen molar-refractivity contribution in [1.29, 1.82) is 0 Å². The molecule has 0 saturated heterocycles. The van der Waals surface area contributed by atoms with Gasteiger partial charge in [0.05, 0.1) is 10.4 Å². The minimum absolute atomic E-state index is 0.102. The van der Waals surface area contributed by atoms with E-state index in [0.717, 1.165) is 16.5 Å². The molecule has 4 aromatic rings. The van der Waals surface area contributed by atoms with E-state index in [1.807, 2.05) is 36.4 Å². The Balaban J connectivity index is 1.68. The fourth-order valence-electron chi connectivity index (χ4n) is 2.80. The third kappa shape index (κ3) is 3.54. The van der Waals surface area contributed by atoms with Crippen LogP contribution in [-0.4, -0.2) is 24.9 Å². The van der Waals surface area contributed by atoms with Crippen LogP contribution in [0.15, 0.2) is 67.4 Å². The van der Waals surface area contributed by atoms with Gasteiger partial charge in [-0.15, -0.1) is 0 Å². The van der Waals surface area contributed by atoms with Gasteiger partial charge < -0.3 is 10.6 Å². The monoisotopic (exact) mass is 373 g/mol. The Morgan fingerprint density at radius 2 is 1.82 bits per heavy atom. The topological polar surface area (TPSA) is 119 Å². The summed E-state index contributed by atoms with van der Waals surface area (Å²) in [5.74, 6) is 0.231. The van der Waals surface area contributed by atoms with Gasteiger partial charge in [0.25, 0.3) is 0 Å². The van der Waals surface area contributed by atoms with E-state index in [-0.39, 0.29) is 17.3 Å². The molecule has 0 spiro atoms. The highest BCUT2D eigenvalue weighted by Gasteiger charge is 2.23. The predicted octanol–water partition coefficient (Wildman–Crippen LogP) is 3.68. The van der Waals surface area contributed by atoms with E-state index < -0.39 is 4.92 Å². The van der Waals surface area contributed by atoms with Gasteiger partial charge in [0, 0.05) is 36.2 Å². The smallest absolute Gasteiger partial charge is 0.353 e. The maximum atomic E-state index is 11.7. The second-order valence-electron chi connectivity index (χ2n) is 5.89. The van der Waals surface area contributed by atoms with Gasteiger partial charge in [0.2, 0.25) is 11.6 Å². The second kappa shape index (κ2) is 7.62. The largest absolute Gasteiger partial charge is 0.360 e. The Hall–Kier alpha value is -4.14. The van der Waals surface area contributed by atoms with E-state index >= 15 is 0 Å². The molecule has 0 aliphatic carbocycles. The molecule has 0 amide bonds. The summed E-state index contributed by atoms with van der Waals surface area (Å²) in [7, 11) is 0. The lowest BCUT2D eigenvalue weighted by Gasteiger charge is -2.11. The van der Waals surface area contributed by atoms with Crippen molar-refractivity contribution in [3.05, 3.63) is 83.1 Å². The number of fused-ring (bicyclic) bond motifs is 1. The summed E-state index contributed by atoms with van der Waals surface area (Å²) >= 11 is 0. The van der Waals surface area contributed by atoms with Gasteiger partial charge in [-0.25, -0.2) is 9.97 Å². The van der Waals surface area contributed by atoms with Crippen LogP contribution < -0.4 is 10.6 Å². The molecule has 2 N–H and O–H groups in total. The van der Waals surface area contributed by atoms with Crippen LogP contribution in [0.25, 0.3) is 10.9 Å². The SMILES string of the molecule is O=[N+]([O-])c1c(NCc2cccnc2)ncnc1Nc1cccc2ncccc12. The molecule has 9 heteroatoms. The van der Waals surface area contributed by atoms with Crippen LogP contribution >= 0.6 is 0 Å². The Bertz CT molecular complexity index is 1130. The first kappa shape index (κ1) is 17.3. The van der Waals surface area contributed by atoms with Crippen molar-refractivity contribution in [2.45, 2.75) is 6.54 Å². The van der Waals surface area contributed by atoms with Crippen LogP contribution in [0.2, 0.25) is 0 Å². The fourth-order valence-corrected chi connectivity index (χ4v) is 2.80. The summed E-state index contributed by atoms with van der Waals surface area (Å²) in [6.07, 6.45) is 6.32. The average molecular weight is 373 g/mol. The van der Waals surface area contributed by atoms with Crippen molar-refractivity contribution >= 4 is 33.9 Å². The number of benzene rings is 1. The summed E-state index contributed by atoms with van der Waals surface area (Å²) in [5.41, 5.74) is 2.10. The number of nitrogens with one attached hydrogen (secondary N) is 2. The van der Waals surface area contributed by atoms with E-state index in [0.29, 0.717) is 12.2 Å². The fraction of sp³-hybridized carbons (Fsp3) is 0.0526. The summed E-state index contributed by atoms with van der Waals surface area (Å²) < 4.78 is 0. The minimum atomic E-state index is -0.503. The molecule has 0 aliphatic heterocycles. The van der Waals surface area contributed by atoms with E-state index in [2.05, 4.69) is 30.6 Å². The Kier molecular flexibility index (Phi) is 4.70. The summed E-state index contributed by atoms with van der Waals surface area (Å²) in [4.78, 5) is 27.7. The predicted molar refractivity (Wildman–Crippen MR) is 105 cm³/mol. The Morgan fingerprint density at radius 3 is 2.64 bits per heavy atom. The lowest BCUT2D eigenvalue weighted by molar-refractivity contribution is -0.383. The number of nitrogens with zero attached hydrogens (tertiary/aromatic N) is 5. The van der Waals surface area contributed by atoms with Crippen molar-refractivity contribution in [3.8, 4) is 0 Å². The van der Waals surface area contributed by atoms with E-state index in [9.17, 15) is 10.1 Å². The molecule has 0 radical (unpaired) electrons. The molecule has 0 atom stereocenters. The van der Waals surface area contributed by atoms with E-state index in [1.54, 1.807) is 24.7 Å². The van der Waals surface area contributed by atoms with Crippen LogP contribution in [0.3, 0.4) is 0 Å². The lowest BCUT2D eigenvalue weighted by Crippen LogP contribution is -2.08. The number of hydrogen-bond acceptors (Lipinski definition) is 8. The first-order chi connectivity index (χ1) is 13.7. The normalized spacial score (nSPS) is 10.6. The molecule has 4 rings (SSSR count). The molecule has 9 nitrogen and oxygen atoms in total. The number of rotatable bonds is 6. The summed E-state index contributed by atoms with van der Waals surface area (Å²) in [5, 5.41) is 18.6. The van der Waals surface area contributed by atoms with Crippen LogP contribution in [0, 0.1) is 10.1 Å². The zero-order valence-electron chi connectivity index (χ0n) is 14.6. The highest BCUT2D eigenvalue weighted by Crippen LogP contribution is 2.33. The number of aromatic nitrogens is 4. The molecule has 0 bridgehead atoms. The third-order valence-corrected chi connectivity index (χ3v) is 4.09. The van der Waals surface area contributed by atoms with E-state index in [4.69, 9.17) is 0 Å². The van der Waals surface area contributed by atoms with Crippen molar-refractivity contribution in [2.75, 3.05) is 10.6 Å². The number of nitro groups is 1. The van der Waals surface area contributed by atoms with Gasteiger partial charge >= 0.3 is 5.69 Å². The maximum absolute atomic E-state index is 11.7. The Labute approximate surface area is 159 Å². The van der Waals surface area contributed by atoms with Gasteiger partial charge in [-0.05, 0) is 35.9 Å². The molecule has 0 saturated carbocycles. The van der Waals surface area contributed by atoms with Gasteiger partial charge in [-0.1, -0.05) is 12.1 Å². The Morgan fingerprint density at radius 1 is 0.964 bits per heavy atom. The van der Waals surface area contributed by atoms with Crippen molar-refractivity contribution in [3.63, 3.8) is 0 Å². The first-order valence-corrected chi connectivity index (χ1v) is 8.45. The molecule has 0 fully saturated rings. The van der Waals surface area contributed by atoms with Crippen molar-refractivity contribution in [1.82, 2.24) is 19.9 Å². The molecule has 138 valence electrons. The van der Waals surface area contributed by atoms with Crippen LogP contribution in [0.1, 0.15) is 5.56 Å². The zero-order chi connectivity index (χ0) is 19.3. The molecule has 1 aromatic carbocycles. The highest BCUT2D eigenvalue weighted by molar-refractivity contribution is 5.93. The number of pyridine rings is 2. The van der Waals surface area contributed by atoms with Crippen LogP contribution in [0.4, 0.5) is 23.0 Å². The maximum Gasteiger partial charge on any atom is 0.353 e. The molecule has 28 heavy (non-hydrogen) atoms. The molecular formula is C19H15N7O2. The summed E-state index contributed by atoms with van der Waals surface area (Å²) in [6.45, 7) is 0.351. The minimum Gasteiger partial charge on any atom is -0.360 e. The van der Waals surface area contributed by atoms with Crippen molar-refractivity contribution in [2.24, 2.45) is 0 Å². The first-order valence-electron chi connectivity index (χ1n) is 8.45. The third-order valence-electron chi connectivity index (χ3n) is 4.09. The van der Waals surface area contributed by atoms with Crippen LogP contribution in [0.5, 0.6) is 0 Å². The summed E-state index contributed by atoms with van der Waals surface area (Å²) in [6, 6.07) is 12.9. The molecule has 3 aromatic heterocycles. The lowest BCUT2D eigenvalue weighted by atomic mass is 10.2. The highest BCUT2D eigenvalue weighted by atomic mass is 16.6. The van der Waals surface area contributed by atoms with Gasteiger partial charge in [-0.2, -0.15) is 0 Å². The van der Waals surface area contributed by atoms with Gasteiger partial charge in [-0.3, -0.25) is 20.1 Å². The standard InChI is InChI=1S/C19H15N7O2/c27-26(28)17-18(22-11-13-4-2-8-20-10-13)23-12-24-19(17)25-16-7-1-6-15-14(16)5-3-9-21-15/h1-10,12H,11H2,(H2,22,23,24,25). The quantitative estimate of drug-likeness (QED) is 0.388. The van der Waals surface area contributed by atoms with Gasteiger partial charge in [0.15, 0.2) is 0 Å².